The maximum atomic E-state index is 5.61. The fraction of sp³-hybridized carbons (Fsp3) is 0.444. The minimum absolute atomic E-state index is 0. The van der Waals surface area contributed by atoms with Crippen molar-refractivity contribution in [2.24, 2.45) is 4.99 Å². The van der Waals surface area contributed by atoms with Gasteiger partial charge in [0.1, 0.15) is 0 Å². The predicted molar refractivity (Wildman–Crippen MR) is 118 cm³/mol. The molecule has 1 heterocycles. The second kappa shape index (κ2) is 11.9. The van der Waals surface area contributed by atoms with E-state index < -0.39 is 0 Å². The molecule has 0 aliphatic rings. The largest absolute Gasteiger partial charge is 0.493 e. The highest BCUT2D eigenvalue weighted by atomic mass is 127. The number of halogens is 1. The molecule has 26 heavy (non-hydrogen) atoms. The number of benzene rings is 1. The lowest BCUT2D eigenvalue weighted by Gasteiger charge is -2.14. The summed E-state index contributed by atoms with van der Waals surface area (Å²) in [5.41, 5.74) is 2.21. The molecule has 6 nitrogen and oxygen atoms in total. The van der Waals surface area contributed by atoms with Crippen molar-refractivity contribution in [1.29, 1.82) is 0 Å². The number of aliphatic imine (C=N–C) groups is 1. The molecule has 0 radical (unpaired) electrons. The molecule has 144 valence electrons. The number of hydrogen-bond acceptors (Lipinski definition) is 5. The van der Waals surface area contributed by atoms with Crippen LogP contribution in [0.4, 0.5) is 0 Å². The Hall–Kier alpha value is -1.55. The lowest BCUT2D eigenvalue weighted by atomic mass is 10.2. The van der Waals surface area contributed by atoms with E-state index in [0.717, 1.165) is 46.7 Å². The number of methoxy groups -OCH3 is 1. The summed E-state index contributed by atoms with van der Waals surface area (Å²) in [5, 5.41) is 9.81. The SMILES string of the molecule is CCOc1cc(CNC(=NC)NCCc2csc(C)n2)ccc1OC.I. The van der Waals surface area contributed by atoms with Crippen LogP contribution in [0.2, 0.25) is 0 Å². The third kappa shape index (κ3) is 6.99. The molecular weight excluding hydrogens is 463 g/mol. The van der Waals surface area contributed by atoms with Crippen molar-refractivity contribution in [3.63, 3.8) is 0 Å². The number of thiazole rings is 1. The normalized spacial score (nSPS) is 10.8. The van der Waals surface area contributed by atoms with Crippen molar-refractivity contribution >= 4 is 41.3 Å². The number of aromatic nitrogens is 1. The van der Waals surface area contributed by atoms with Crippen LogP contribution in [0, 0.1) is 6.92 Å². The van der Waals surface area contributed by atoms with E-state index in [2.05, 4.69) is 26.0 Å². The van der Waals surface area contributed by atoms with Crippen molar-refractivity contribution < 1.29 is 9.47 Å². The highest BCUT2D eigenvalue weighted by Gasteiger charge is 2.06. The van der Waals surface area contributed by atoms with Gasteiger partial charge < -0.3 is 20.1 Å². The molecule has 2 N–H and O–H groups in total. The third-order valence-corrected chi connectivity index (χ3v) is 4.37. The highest BCUT2D eigenvalue weighted by Crippen LogP contribution is 2.27. The van der Waals surface area contributed by atoms with Crippen LogP contribution < -0.4 is 20.1 Å². The molecule has 1 aromatic carbocycles. The van der Waals surface area contributed by atoms with Crippen LogP contribution in [0.15, 0.2) is 28.6 Å². The van der Waals surface area contributed by atoms with Gasteiger partial charge in [0, 0.05) is 31.9 Å². The smallest absolute Gasteiger partial charge is 0.191 e. The summed E-state index contributed by atoms with van der Waals surface area (Å²) in [4.78, 5) is 8.72. The Balaban J connectivity index is 0.00000338. The number of hydrogen-bond donors (Lipinski definition) is 2. The number of nitrogens with zero attached hydrogens (tertiary/aromatic N) is 2. The van der Waals surface area contributed by atoms with Gasteiger partial charge in [0.05, 0.1) is 24.4 Å². The van der Waals surface area contributed by atoms with E-state index in [1.165, 1.54) is 0 Å². The number of rotatable bonds is 8. The van der Waals surface area contributed by atoms with Crippen molar-refractivity contribution in [1.82, 2.24) is 15.6 Å². The number of nitrogens with one attached hydrogen (secondary N) is 2. The van der Waals surface area contributed by atoms with Crippen molar-refractivity contribution in [2.45, 2.75) is 26.8 Å². The van der Waals surface area contributed by atoms with Gasteiger partial charge in [-0.25, -0.2) is 4.98 Å². The summed E-state index contributed by atoms with van der Waals surface area (Å²) in [6.07, 6.45) is 0.877. The molecule has 8 heteroatoms. The molecule has 0 spiro atoms. The Morgan fingerprint density at radius 2 is 2.08 bits per heavy atom. The Labute approximate surface area is 176 Å². The molecule has 0 unspecified atom stereocenters. The zero-order chi connectivity index (χ0) is 18.1. The van der Waals surface area contributed by atoms with Gasteiger partial charge in [0.15, 0.2) is 17.5 Å². The van der Waals surface area contributed by atoms with Crippen LogP contribution in [0.5, 0.6) is 11.5 Å². The van der Waals surface area contributed by atoms with Crippen LogP contribution in [-0.2, 0) is 13.0 Å². The summed E-state index contributed by atoms with van der Waals surface area (Å²) in [7, 11) is 3.41. The molecule has 0 saturated carbocycles. The fourth-order valence-corrected chi connectivity index (χ4v) is 2.98. The van der Waals surface area contributed by atoms with Gasteiger partial charge in [-0.05, 0) is 31.5 Å². The van der Waals surface area contributed by atoms with E-state index in [1.54, 1.807) is 25.5 Å². The first kappa shape index (κ1) is 22.5. The summed E-state index contributed by atoms with van der Waals surface area (Å²) in [6, 6.07) is 5.92. The number of aryl methyl sites for hydroxylation is 1. The average molecular weight is 490 g/mol. The molecule has 0 aliphatic heterocycles. The van der Waals surface area contributed by atoms with Crippen molar-refractivity contribution in [3.8, 4) is 11.5 Å². The quantitative estimate of drug-likeness (QED) is 0.338. The van der Waals surface area contributed by atoms with Gasteiger partial charge in [0.2, 0.25) is 0 Å². The first-order valence-corrected chi connectivity index (χ1v) is 9.19. The Morgan fingerprint density at radius 3 is 2.69 bits per heavy atom. The second-order valence-corrected chi connectivity index (χ2v) is 6.44. The monoisotopic (exact) mass is 490 g/mol. The Morgan fingerprint density at radius 1 is 1.27 bits per heavy atom. The maximum Gasteiger partial charge on any atom is 0.191 e. The topological polar surface area (TPSA) is 67.8 Å². The van der Waals surface area contributed by atoms with Gasteiger partial charge in [-0.15, -0.1) is 35.3 Å². The summed E-state index contributed by atoms with van der Waals surface area (Å²) in [6.45, 7) is 6.02. The third-order valence-electron chi connectivity index (χ3n) is 3.55. The molecule has 2 aromatic rings. The summed E-state index contributed by atoms with van der Waals surface area (Å²) in [5.74, 6) is 2.26. The zero-order valence-corrected chi connectivity index (χ0v) is 18.8. The van der Waals surface area contributed by atoms with Crippen molar-refractivity contribution in [2.75, 3.05) is 27.3 Å². The second-order valence-electron chi connectivity index (χ2n) is 5.38. The Bertz CT molecular complexity index is 706. The highest BCUT2D eigenvalue weighted by molar-refractivity contribution is 14.0. The molecule has 0 fully saturated rings. The lowest BCUT2D eigenvalue weighted by molar-refractivity contribution is 0.310. The fourth-order valence-electron chi connectivity index (χ4n) is 2.34. The molecule has 2 rings (SSSR count). The minimum atomic E-state index is 0. The standard InChI is InChI=1S/C18H26N4O2S.HI/c1-5-24-17-10-14(6-7-16(17)23-4)11-21-18(19-3)20-9-8-15-12-25-13(2)22-15;/h6-7,10,12H,5,8-9,11H2,1-4H3,(H2,19,20,21);1H. The molecule has 0 aliphatic carbocycles. The predicted octanol–water partition coefficient (Wildman–Crippen LogP) is 3.38. The molecule has 0 amide bonds. The van der Waals surface area contributed by atoms with Crippen LogP contribution in [0.1, 0.15) is 23.2 Å². The van der Waals surface area contributed by atoms with Gasteiger partial charge in [0.25, 0.3) is 0 Å². The molecule has 0 saturated heterocycles. The van der Waals surface area contributed by atoms with Gasteiger partial charge >= 0.3 is 0 Å². The minimum Gasteiger partial charge on any atom is -0.493 e. The Kier molecular flexibility index (Phi) is 10.3. The van der Waals surface area contributed by atoms with Crippen LogP contribution >= 0.6 is 35.3 Å². The van der Waals surface area contributed by atoms with Gasteiger partial charge in [-0.2, -0.15) is 0 Å². The van der Waals surface area contributed by atoms with E-state index in [-0.39, 0.29) is 24.0 Å². The summed E-state index contributed by atoms with van der Waals surface area (Å²) >= 11 is 1.68. The molecule has 0 bridgehead atoms. The van der Waals surface area contributed by atoms with E-state index in [4.69, 9.17) is 9.47 Å². The van der Waals surface area contributed by atoms with E-state index in [1.807, 2.05) is 32.0 Å². The average Bonchev–Trinajstić information content (AvgIpc) is 3.03. The first-order chi connectivity index (χ1) is 12.2. The number of ether oxygens (including phenoxy) is 2. The summed E-state index contributed by atoms with van der Waals surface area (Å²) < 4.78 is 10.9. The molecular formula is C18H27IN4O2S. The van der Waals surface area contributed by atoms with E-state index in [0.29, 0.717) is 13.2 Å². The van der Waals surface area contributed by atoms with E-state index >= 15 is 0 Å². The van der Waals surface area contributed by atoms with Crippen LogP contribution in [0.3, 0.4) is 0 Å². The van der Waals surface area contributed by atoms with Crippen molar-refractivity contribution in [3.05, 3.63) is 39.8 Å². The zero-order valence-electron chi connectivity index (χ0n) is 15.7. The van der Waals surface area contributed by atoms with Gasteiger partial charge in [-0.1, -0.05) is 6.07 Å². The lowest BCUT2D eigenvalue weighted by Crippen LogP contribution is -2.37. The van der Waals surface area contributed by atoms with Crippen LogP contribution in [0.25, 0.3) is 0 Å². The number of guanidine groups is 1. The van der Waals surface area contributed by atoms with E-state index in [9.17, 15) is 0 Å². The molecule has 1 aromatic heterocycles. The first-order valence-electron chi connectivity index (χ1n) is 8.31. The van der Waals surface area contributed by atoms with Gasteiger partial charge in [-0.3, -0.25) is 4.99 Å². The molecule has 0 atom stereocenters. The van der Waals surface area contributed by atoms with Crippen LogP contribution in [-0.4, -0.2) is 38.3 Å². The maximum absolute atomic E-state index is 5.61.